The lowest BCUT2D eigenvalue weighted by molar-refractivity contribution is 0.626. The molecule has 0 saturated carbocycles. The number of nitrogens with zero attached hydrogens (tertiary/aromatic N) is 3. The van der Waals surface area contributed by atoms with Gasteiger partial charge in [0, 0.05) is 20.5 Å². The highest BCUT2D eigenvalue weighted by atomic mass is 16.2. The first kappa shape index (κ1) is 15.3. The Balaban J connectivity index is 2.15. The summed E-state index contributed by atoms with van der Waals surface area (Å²) in [6.07, 6.45) is 8.32. The van der Waals surface area contributed by atoms with Crippen LogP contribution in [-0.4, -0.2) is 19.1 Å². The first-order valence-electron chi connectivity index (χ1n) is 7.31. The highest BCUT2D eigenvalue weighted by molar-refractivity contribution is 5.70. The number of imidazole rings is 1. The van der Waals surface area contributed by atoms with Gasteiger partial charge in [0.2, 0.25) is 0 Å². The zero-order valence-electron chi connectivity index (χ0n) is 12.7. The maximum Gasteiger partial charge on any atom is 0.329 e. The summed E-state index contributed by atoms with van der Waals surface area (Å²) in [7, 11) is 3.44. The topological polar surface area (TPSA) is 72.7 Å². The summed E-state index contributed by atoms with van der Waals surface area (Å²) in [4.78, 5) is 30.2. The Labute approximate surface area is 123 Å². The first-order chi connectivity index (χ1) is 10.1. The SMILES string of the molecule is C=CCCCCCCc1nc2c(c(=O)[nH]c(=O)n2C)n1C. The Morgan fingerprint density at radius 1 is 1.14 bits per heavy atom. The van der Waals surface area contributed by atoms with E-state index in [4.69, 9.17) is 0 Å². The molecule has 0 unspecified atom stereocenters. The Morgan fingerprint density at radius 3 is 2.57 bits per heavy atom. The van der Waals surface area contributed by atoms with E-state index in [0.717, 1.165) is 31.5 Å². The number of unbranched alkanes of at least 4 members (excludes halogenated alkanes) is 4. The van der Waals surface area contributed by atoms with Crippen molar-refractivity contribution in [1.29, 1.82) is 0 Å². The summed E-state index contributed by atoms with van der Waals surface area (Å²) in [5.74, 6) is 0.848. The van der Waals surface area contributed by atoms with Gasteiger partial charge in [0.25, 0.3) is 5.56 Å². The molecule has 0 aromatic carbocycles. The van der Waals surface area contributed by atoms with Crippen LogP contribution in [0.3, 0.4) is 0 Å². The minimum absolute atomic E-state index is 0.375. The zero-order valence-corrected chi connectivity index (χ0v) is 12.7. The average molecular weight is 290 g/mol. The second-order valence-electron chi connectivity index (χ2n) is 5.32. The molecule has 0 saturated heterocycles. The van der Waals surface area contributed by atoms with Crippen LogP contribution in [0, 0.1) is 0 Å². The summed E-state index contributed by atoms with van der Waals surface area (Å²) < 4.78 is 3.17. The molecular formula is C15H22N4O2. The molecule has 6 heteroatoms. The molecular weight excluding hydrogens is 268 g/mol. The normalized spacial score (nSPS) is 11.1. The third kappa shape index (κ3) is 3.15. The van der Waals surface area contributed by atoms with E-state index in [0.29, 0.717) is 11.2 Å². The third-order valence-electron chi connectivity index (χ3n) is 3.79. The van der Waals surface area contributed by atoms with Crippen molar-refractivity contribution in [2.75, 3.05) is 0 Å². The maximum absolute atomic E-state index is 11.9. The fourth-order valence-electron chi connectivity index (χ4n) is 2.50. The number of fused-ring (bicyclic) bond motifs is 1. The maximum atomic E-state index is 11.9. The molecule has 2 aromatic rings. The number of allylic oxidation sites excluding steroid dienone is 1. The summed E-state index contributed by atoms with van der Waals surface area (Å²) in [6, 6.07) is 0. The smallest absolute Gasteiger partial charge is 0.325 e. The van der Waals surface area contributed by atoms with Crippen LogP contribution in [0.25, 0.3) is 11.2 Å². The van der Waals surface area contributed by atoms with Crippen LogP contribution in [0.1, 0.15) is 37.9 Å². The number of hydrogen-bond acceptors (Lipinski definition) is 3. The Hall–Kier alpha value is -2.11. The minimum Gasteiger partial charge on any atom is -0.325 e. The highest BCUT2D eigenvalue weighted by Crippen LogP contribution is 2.12. The van der Waals surface area contributed by atoms with Crippen LogP contribution < -0.4 is 11.2 Å². The van der Waals surface area contributed by atoms with Crippen LogP contribution in [0.4, 0.5) is 0 Å². The summed E-state index contributed by atoms with van der Waals surface area (Å²) in [5, 5.41) is 0. The highest BCUT2D eigenvalue weighted by Gasteiger charge is 2.14. The van der Waals surface area contributed by atoms with E-state index >= 15 is 0 Å². The molecule has 21 heavy (non-hydrogen) atoms. The van der Waals surface area contributed by atoms with Gasteiger partial charge < -0.3 is 4.57 Å². The van der Waals surface area contributed by atoms with Gasteiger partial charge in [0.1, 0.15) is 5.82 Å². The van der Waals surface area contributed by atoms with Crippen LogP contribution in [0.5, 0.6) is 0 Å². The number of aromatic nitrogens is 4. The quantitative estimate of drug-likeness (QED) is 0.622. The van der Waals surface area contributed by atoms with Gasteiger partial charge >= 0.3 is 5.69 Å². The molecule has 1 N–H and O–H groups in total. The van der Waals surface area contributed by atoms with Gasteiger partial charge in [-0.1, -0.05) is 18.9 Å². The molecule has 0 radical (unpaired) electrons. The van der Waals surface area contributed by atoms with E-state index in [2.05, 4.69) is 16.5 Å². The average Bonchev–Trinajstić information content (AvgIpc) is 2.78. The second-order valence-corrected chi connectivity index (χ2v) is 5.32. The van der Waals surface area contributed by atoms with Gasteiger partial charge in [-0.15, -0.1) is 6.58 Å². The van der Waals surface area contributed by atoms with E-state index < -0.39 is 5.69 Å². The number of H-pyrrole nitrogens is 1. The van der Waals surface area contributed by atoms with E-state index in [1.807, 2.05) is 13.1 Å². The van der Waals surface area contributed by atoms with Crippen molar-refractivity contribution in [2.24, 2.45) is 14.1 Å². The number of aromatic amines is 1. The van der Waals surface area contributed by atoms with Crippen LogP contribution >= 0.6 is 0 Å². The number of hydrogen-bond donors (Lipinski definition) is 1. The molecule has 0 fully saturated rings. The lowest BCUT2D eigenvalue weighted by Crippen LogP contribution is -2.29. The molecule has 2 heterocycles. The fraction of sp³-hybridized carbons (Fsp3) is 0.533. The van der Waals surface area contributed by atoms with Crippen LogP contribution in [0.2, 0.25) is 0 Å². The van der Waals surface area contributed by atoms with Crippen LogP contribution in [-0.2, 0) is 20.5 Å². The lowest BCUT2D eigenvalue weighted by atomic mass is 10.1. The lowest BCUT2D eigenvalue weighted by Gasteiger charge is -2.02. The van der Waals surface area contributed by atoms with E-state index in [9.17, 15) is 9.59 Å². The Kier molecular flexibility index (Phi) is 4.77. The molecule has 0 aliphatic heterocycles. The number of nitrogens with one attached hydrogen (secondary N) is 1. The van der Waals surface area contributed by atoms with Crippen molar-refractivity contribution >= 4 is 11.2 Å². The van der Waals surface area contributed by atoms with Gasteiger partial charge in [-0.05, 0) is 19.3 Å². The van der Waals surface area contributed by atoms with Gasteiger partial charge in [-0.3, -0.25) is 14.3 Å². The molecule has 0 spiro atoms. The molecule has 0 aliphatic rings. The number of aryl methyl sites for hydroxylation is 3. The largest absolute Gasteiger partial charge is 0.329 e. The van der Waals surface area contributed by atoms with Crippen molar-refractivity contribution in [3.05, 3.63) is 39.3 Å². The molecule has 2 aromatic heterocycles. The van der Waals surface area contributed by atoms with E-state index in [1.54, 1.807) is 11.6 Å². The monoisotopic (exact) mass is 290 g/mol. The van der Waals surface area contributed by atoms with Crippen LogP contribution in [0.15, 0.2) is 22.2 Å². The molecule has 2 rings (SSSR count). The van der Waals surface area contributed by atoms with E-state index in [-0.39, 0.29) is 5.56 Å². The summed E-state index contributed by atoms with van der Waals surface area (Å²) in [6.45, 7) is 3.71. The first-order valence-corrected chi connectivity index (χ1v) is 7.31. The molecule has 0 atom stereocenters. The standard InChI is InChI=1S/C15H22N4O2/c1-4-5-6-7-8-9-10-11-16-13-12(18(11)2)14(20)17-15(21)19(13)3/h4H,1,5-10H2,2-3H3,(H,17,20,21). The van der Waals surface area contributed by atoms with Gasteiger partial charge in [0.15, 0.2) is 11.2 Å². The van der Waals surface area contributed by atoms with Gasteiger partial charge in [-0.25, -0.2) is 9.78 Å². The van der Waals surface area contributed by atoms with Crippen molar-refractivity contribution in [3.63, 3.8) is 0 Å². The zero-order chi connectivity index (χ0) is 15.4. The summed E-state index contributed by atoms with van der Waals surface area (Å²) in [5.41, 5.74) is 0.105. The van der Waals surface area contributed by atoms with Crippen molar-refractivity contribution < 1.29 is 0 Å². The number of rotatable bonds is 7. The van der Waals surface area contributed by atoms with E-state index in [1.165, 1.54) is 17.4 Å². The molecule has 6 nitrogen and oxygen atoms in total. The predicted octanol–water partition coefficient (Wildman–Crippen LogP) is 1.64. The van der Waals surface area contributed by atoms with Crippen molar-refractivity contribution in [1.82, 2.24) is 19.1 Å². The predicted molar refractivity (Wildman–Crippen MR) is 83.6 cm³/mol. The van der Waals surface area contributed by atoms with Crippen molar-refractivity contribution in [2.45, 2.75) is 38.5 Å². The summed E-state index contributed by atoms with van der Waals surface area (Å²) >= 11 is 0. The molecule has 0 amide bonds. The van der Waals surface area contributed by atoms with Gasteiger partial charge in [0.05, 0.1) is 0 Å². The Morgan fingerprint density at radius 2 is 1.86 bits per heavy atom. The Bertz CT molecular complexity index is 751. The third-order valence-corrected chi connectivity index (χ3v) is 3.79. The second kappa shape index (κ2) is 6.56. The fourth-order valence-corrected chi connectivity index (χ4v) is 2.50. The minimum atomic E-state index is -0.429. The molecule has 0 aliphatic carbocycles. The molecule has 0 bridgehead atoms. The van der Waals surface area contributed by atoms with Gasteiger partial charge in [-0.2, -0.15) is 0 Å². The molecule has 114 valence electrons. The van der Waals surface area contributed by atoms with Crippen molar-refractivity contribution in [3.8, 4) is 0 Å².